The predicted octanol–water partition coefficient (Wildman–Crippen LogP) is 3.32. The number of benzene rings is 1. The summed E-state index contributed by atoms with van der Waals surface area (Å²) in [7, 11) is -3.90. The van der Waals surface area contributed by atoms with E-state index in [4.69, 9.17) is 9.84 Å². The van der Waals surface area contributed by atoms with E-state index in [9.17, 15) is 23.1 Å². The van der Waals surface area contributed by atoms with Crippen molar-refractivity contribution in [1.82, 2.24) is 23.9 Å². The summed E-state index contributed by atoms with van der Waals surface area (Å²) in [6.07, 6.45) is 5.44. The molecule has 1 saturated carbocycles. The molecule has 2 aromatic heterocycles. The lowest BCUT2D eigenvalue weighted by Gasteiger charge is -2.29. The first-order chi connectivity index (χ1) is 18.2. The smallest absolute Gasteiger partial charge is 0.306 e. The van der Waals surface area contributed by atoms with Gasteiger partial charge in [0.25, 0.3) is 5.56 Å². The van der Waals surface area contributed by atoms with E-state index in [1.165, 1.54) is 16.4 Å². The third kappa shape index (κ3) is 4.82. The van der Waals surface area contributed by atoms with Crippen LogP contribution in [0.4, 0.5) is 0 Å². The van der Waals surface area contributed by atoms with Crippen molar-refractivity contribution in [2.45, 2.75) is 69.6 Å². The number of aryl methyl sites for hydroxylation is 1. The molecular formula is C26H33N5O6S. The highest BCUT2D eigenvalue weighted by Gasteiger charge is 2.33. The van der Waals surface area contributed by atoms with Crippen molar-refractivity contribution in [3.8, 4) is 17.1 Å². The number of piperidine rings is 1. The maximum absolute atomic E-state index is 13.5. The zero-order chi connectivity index (χ0) is 27.0. The van der Waals surface area contributed by atoms with Gasteiger partial charge in [-0.25, -0.2) is 17.9 Å². The standard InChI is InChI=1S/C26H33N5O6S/c1-3-14-37-21-9-8-19(38(35,36)30-12-10-18(11-13-30)26(33)34)15-20(21)23-28-25(32)22-16(2)27-24(31(22)29-23)17-6-4-5-7-17/h8-9,15,17-18H,3-7,10-14H2,1-2H3,(H,33,34)(H,28,29,32). The van der Waals surface area contributed by atoms with Crippen LogP contribution in [0.3, 0.4) is 0 Å². The first-order valence-electron chi connectivity index (χ1n) is 13.2. The number of carbonyl (C=O) groups is 1. The number of aliphatic carboxylic acids is 1. The summed E-state index contributed by atoms with van der Waals surface area (Å²) in [6.45, 7) is 4.42. The highest BCUT2D eigenvalue weighted by Crippen LogP contribution is 2.35. The van der Waals surface area contributed by atoms with Crippen molar-refractivity contribution in [2.24, 2.45) is 5.92 Å². The van der Waals surface area contributed by atoms with Crippen LogP contribution in [0, 0.1) is 12.8 Å². The molecule has 1 aliphatic carbocycles. The number of imidazole rings is 1. The van der Waals surface area contributed by atoms with Gasteiger partial charge in [0.1, 0.15) is 11.6 Å². The molecule has 38 heavy (non-hydrogen) atoms. The van der Waals surface area contributed by atoms with Gasteiger partial charge < -0.3 is 14.8 Å². The van der Waals surface area contributed by atoms with E-state index < -0.39 is 21.9 Å². The highest BCUT2D eigenvalue weighted by atomic mass is 32.2. The monoisotopic (exact) mass is 543 g/mol. The number of ether oxygens (including phenoxy) is 1. The minimum atomic E-state index is -3.90. The lowest BCUT2D eigenvalue weighted by Crippen LogP contribution is -2.40. The van der Waals surface area contributed by atoms with Gasteiger partial charge in [0.2, 0.25) is 10.0 Å². The summed E-state index contributed by atoms with van der Waals surface area (Å²) >= 11 is 0. The predicted molar refractivity (Wildman–Crippen MR) is 140 cm³/mol. The van der Waals surface area contributed by atoms with Crippen molar-refractivity contribution in [1.29, 1.82) is 0 Å². The molecule has 1 aromatic carbocycles. The molecule has 2 N–H and O–H groups in total. The number of nitrogens with zero attached hydrogens (tertiary/aromatic N) is 4. The summed E-state index contributed by atoms with van der Waals surface area (Å²) in [4.78, 5) is 32.0. The Labute approximate surface area is 220 Å². The minimum absolute atomic E-state index is 0.0331. The number of carboxylic acid groups (broad SMARTS) is 1. The van der Waals surface area contributed by atoms with Crippen molar-refractivity contribution in [2.75, 3.05) is 19.7 Å². The maximum Gasteiger partial charge on any atom is 0.306 e. The van der Waals surface area contributed by atoms with Crippen LogP contribution >= 0.6 is 0 Å². The van der Waals surface area contributed by atoms with Crippen LogP contribution in [0.15, 0.2) is 27.9 Å². The van der Waals surface area contributed by atoms with Gasteiger partial charge in [-0.15, -0.1) is 5.10 Å². The SMILES string of the molecule is CCCOc1ccc(S(=O)(=O)N2CCC(C(=O)O)CC2)cc1-c1nn2c(C3CCCC3)nc(C)c2c(=O)[nH]1. The van der Waals surface area contributed by atoms with Crippen molar-refractivity contribution in [3.05, 3.63) is 40.1 Å². The van der Waals surface area contributed by atoms with Crippen LogP contribution in [0.2, 0.25) is 0 Å². The molecule has 1 saturated heterocycles. The van der Waals surface area contributed by atoms with Gasteiger partial charge in [0.05, 0.1) is 28.7 Å². The topological polar surface area (TPSA) is 147 Å². The first kappa shape index (κ1) is 26.4. The molecule has 0 spiro atoms. The lowest BCUT2D eigenvalue weighted by molar-refractivity contribution is -0.142. The lowest BCUT2D eigenvalue weighted by atomic mass is 9.99. The summed E-state index contributed by atoms with van der Waals surface area (Å²) < 4.78 is 35.9. The van der Waals surface area contributed by atoms with Crippen LogP contribution in [0.25, 0.3) is 16.9 Å². The Morgan fingerprint density at radius 2 is 1.89 bits per heavy atom. The molecule has 5 rings (SSSR count). The van der Waals surface area contributed by atoms with Gasteiger partial charge in [-0.1, -0.05) is 19.8 Å². The number of carboxylic acids is 1. The van der Waals surface area contributed by atoms with E-state index in [0.717, 1.165) is 37.9 Å². The number of sulfonamides is 1. The number of nitrogens with one attached hydrogen (secondary N) is 1. The van der Waals surface area contributed by atoms with Gasteiger partial charge in [-0.2, -0.15) is 4.31 Å². The second-order valence-corrected chi connectivity index (χ2v) is 12.1. The average Bonchev–Trinajstić information content (AvgIpc) is 3.55. The van der Waals surface area contributed by atoms with Crippen LogP contribution in [-0.2, 0) is 14.8 Å². The number of fused-ring (bicyclic) bond motifs is 1. The van der Waals surface area contributed by atoms with Gasteiger partial charge in [0, 0.05) is 19.0 Å². The van der Waals surface area contributed by atoms with Crippen LogP contribution in [-0.4, -0.2) is 63.1 Å². The summed E-state index contributed by atoms with van der Waals surface area (Å²) in [5.41, 5.74) is 1.00. The van der Waals surface area contributed by atoms with E-state index in [1.54, 1.807) is 17.5 Å². The van der Waals surface area contributed by atoms with E-state index in [-0.39, 0.29) is 48.1 Å². The molecule has 3 heterocycles. The Kier molecular flexibility index (Phi) is 7.28. The Bertz CT molecular complexity index is 1510. The highest BCUT2D eigenvalue weighted by molar-refractivity contribution is 7.89. The number of aromatic amines is 1. The number of hydrogen-bond acceptors (Lipinski definition) is 7. The Morgan fingerprint density at radius 3 is 2.55 bits per heavy atom. The van der Waals surface area contributed by atoms with Crippen LogP contribution < -0.4 is 10.3 Å². The van der Waals surface area contributed by atoms with Crippen molar-refractivity contribution < 1.29 is 23.1 Å². The molecule has 0 atom stereocenters. The fourth-order valence-electron chi connectivity index (χ4n) is 5.45. The molecule has 3 aromatic rings. The zero-order valence-electron chi connectivity index (χ0n) is 21.6. The molecule has 204 valence electrons. The third-order valence-corrected chi connectivity index (χ3v) is 9.42. The van der Waals surface area contributed by atoms with E-state index in [2.05, 4.69) is 9.97 Å². The largest absolute Gasteiger partial charge is 0.493 e. The van der Waals surface area contributed by atoms with Crippen molar-refractivity contribution >= 4 is 21.5 Å². The van der Waals surface area contributed by atoms with Gasteiger partial charge in [-0.3, -0.25) is 9.59 Å². The third-order valence-electron chi connectivity index (χ3n) is 7.53. The zero-order valence-corrected chi connectivity index (χ0v) is 22.5. The first-order valence-corrected chi connectivity index (χ1v) is 14.6. The van der Waals surface area contributed by atoms with Crippen LogP contribution in [0.1, 0.15) is 69.3 Å². The molecule has 0 amide bonds. The number of H-pyrrole nitrogens is 1. The average molecular weight is 544 g/mol. The van der Waals surface area contributed by atoms with E-state index in [1.807, 2.05) is 6.92 Å². The summed E-state index contributed by atoms with van der Waals surface area (Å²) in [6, 6.07) is 4.55. The molecule has 11 nitrogen and oxygen atoms in total. The van der Waals surface area contributed by atoms with Crippen molar-refractivity contribution in [3.63, 3.8) is 0 Å². The normalized spacial score (nSPS) is 17.8. The second kappa shape index (κ2) is 10.5. The Morgan fingerprint density at radius 1 is 1.18 bits per heavy atom. The molecule has 2 aliphatic rings. The quantitative estimate of drug-likeness (QED) is 0.440. The van der Waals surface area contributed by atoms with E-state index >= 15 is 0 Å². The molecule has 0 bridgehead atoms. The summed E-state index contributed by atoms with van der Waals surface area (Å²) in [5.74, 6) is 0.136. The molecule has 2 fully saturated rings. The molecule has 12 heteroatoms. The molecule has 0 radical (unpaired) electrons. The van der Waals surface area contributed by atoms with Gasteiger partial charge >= 0.3 is 5.97 Å². The minimum Gasteiger partial charge on any atom is -0.493 e. The number of rotatable bonds is 8. The maximum atomic E-state index is 13.5. The summed E-state index contributed by atoms with van der Waals surface area (Å²) in [5, 5.41) is 14.0. The number of aromatic nitrogens is 4. The van der Waals surface area contributed by atoms with Gasteiger partial charge in [-0.05, 0) is 57.2 Å². The number of hydrogen-bond donors (Lipinski definition) is 2. The molecule has 1 aliphatic heterocycles. The Balaban J connectivity index is 1.59. The molecule has 0 unspecified atom stereocenters. The van der Waals surface area contributed by atoms with Gasteiger partial charge in [0.15, 0.2) is 11.3 Å². The Hall–Kier alpha value is -3.25. The fourth-order valence-corrected chi connectivity index (χ4v) is 6.94. The second-order valence-electron chi connectivity index (χ2n) is 10.1. The van der Waals surface area contributed by atoms with E-state index in [0.29, 0.717) is 29.1 Å². The fraction of sp³-hybridized carbons (Fsp3) is 0.538. The van der Waals surface area contributed by atoms with Crippen LogP contribution in [0.5, 0.6) is 5.75 Å². The molecular weight excluding hydrogens is 510 g/mol.